The topological polar surface area (TPSA) is 15.3 Å². The molecule has 6 heteroatoms. The zero-order valence-electron chi connectivity index (χ0n) is 10.8. The van der Waals surface area contributed by atoms with Crippen LogP contribution in [0.5, 0.6) is 0 Å². The number of halogens is 4. The molecule has 19 heavy (non-hydrogen) atoms. The predicted octanol–water partition coefficient (Wildman–Crippen LogP) is 3.40. The molecule has 0 aliphatic carbocycles. The predicted molar refractivity (Wildman–Crippen MR) is 76.1 cm³/mol. The minimum atomic E-state index is -0.551. The standard InChI is InChI=1S/C13H17ClF2N2.ClH/c1-2-12(18-5-3-17-4-6-18)13-10(15)7-9(14)8-11(13)16;/h7-8,12,17H,2-6H2,1H3;1H/t12-;/m0./s1. The third kappa shape index (κ3) is 3.78. The van der Waals surface area contributed by atoms with E-state index in [-0.39, 0.29) is 29.0 Å². The van der Waals surface area contributed by atoms with E-state index in [9.17, 15) is 8.78 Å². The summed E-state index contributed by atoms with van der Waals surface area (Å²) in [6.07, 6.45) is 0.676. The van der Waals surface area contributed by atoms with Crippen molar-refractivity contribution < 1.29 is 8.78 Å². The van der Waals surface area contributed by atoms with E-state index in [1.54, 1.807) is 0 Å². The highest BCUT2D eigenvalue weighted by Gasteiger charge is 2.26. The van der Waals surface area contributed by atoms with Crippen molar-refractivity contribution in [3.63, 3.8) is 0 Å². The van der Waals surface area contributed by atoms with Gasteiger partial charge in [0.05, 0.1) is 0 Å². The summed E-state index contributed by atoms with van der Waals surface area (Å²) in [5, 5.41) is 3.33. The monoisotopic (exact) mass is 310 g/mol. The molecule has 1 aromatic carbocycles. The molecule has 0 radical (unpaired) electrons. The van der Waals surface area contributed by atoms with Gasteiger partial charge in [0.25, 0.3) is 0 Å². The maximum absolute atomic E-state index is 13.9. The number of rotatable bonds is 3. The lowest BCUT2D eigenvalue weighted by Crippen LogP contribution is -2.45. The summed E-state index contributed by atoms with van der Waals surface area (Å²) in [4.78, 5) is 2.12. The van der Waals surface area contributed by atoms with Crippen LogP contribution in [0.4, 0.5) is 8.78 Å². The molecule has 0 amide bonds. The summed E-state index contributed by atoms with van der Waals surface area (Å²) < 4.78 is 27.9. The van der Waals surface area contributed by atoms with Crippen molar-refractivity contribution in [3.05, 3.63) is 34.4 Å². The van der Waals surface area contributed by atoms with Gasteiger partial charge in [0, 0.05) is 42.8 Å². The Balaban J connectivity index is 0.00000180. The van der Waals surface area contributed by atoms with Gasteiger partial charge in [-0.15, -0.1) is 12.4 Å². The van der Waals surface area contributed by atoms with E-state index >= 15 is 0 Å². The molecule has 1 atom stereocenters. The Morgan fingerprint density at radius 3 is 2.26 bits per heavy atom. The van der Waals surface area contributed by atoms with Crippen LogP contribution in [0.25, 0.3) is 0 Å². The van der Waals surface area contributed by atoms with Crippen molar-refractivity contribution in [2.75, 3.05) is 26.2 Å². The number of nitrogens with one attached hydrogen (secondary N) is 1. The highest BCUT2D eigenvalue weighted by atomic mass is 35.5. The smallest absolute Gasteiger partial charge is 0.132 e. The molecule has 0 bridgehead atoms. The molecular weight excluding hydrogens is 293 g/mol. The number of benzene rings is 1. The molecule has 1 aromatic rings. The highest BCUT2D eigenvalue weighted by molar-refractivity contribution is 6.30. The number of nitrogens with zero attached hydrogens (tertiary/aromatic N) is 1. The van der Waals surface area contributed by atoms with Crippen LogP contribution >= 0.6 is 24.0 Å². The molecule has 0 aromatic heterocycles. The average molecular weight is 311 g/mol. The Labute approximate surface area is 123 Å². The van der Waals surface area contributed by atoms with E-state index in [1.807, 2.05) is 6.92 Å². The van der Waals surface area contributed by atoms with Gasteiger partial charge >= 0.3 is 0 Å². The first-order chi connectivity index (χ1) is 8.63. The first kappa shape index (κ1) is 16.6. The fourth-order valence-corrected chi connectivity index (χ4v) is 2.70. The van der Waals surface area contributed by atoms with Gasteiger partial charge in [0.2, 0.25) is 0 Å². The van der Waals surface area contributed by atoms with E-state index in [2.05, 4.69) is 10.2 Å². The SMILES string of the molecule is CC[C@@H](c1c(F)cc(Cl)cc1F)N1CCNCC1.Cl. The van der Waals surface area contributed by atoms with Crippen LogP contribution in [0.1, 0.15) is 24.9 Å². The molecule has 2 nitrogen and oxygen atoms in total. The third-order valence-electron chi connectivity index (χ3n) is 3.36. The van der Waals surface area contributed by atoms with Gasteiger partial charge in [-0.2, -0.15) is 0 Å². The van der Waals surface area contributed by atoms with Crippen molar-refractivity contribution in [1.29, 1.82) is 0 Å². The van der Waals surface area contributed by atoms with Crippen LogP contribution in [0, 0.1) is 11.6 Å². The summed E-state index contributed by atoms with van der Waals surface area (Å²) in [6.45, 7) is 5.26. The number of hydrogen-bond donors (Lipinski definition) is 1. The average Bonchev–Trinajstić information content (AvgIpc) is 2.34. The maximum atomic E-state index is 13.9. The summed E-state index contributed by atoms with van der Waals surface area (Å²) in [5.74, 6) is -1.10. The molecule has 1 fully saturated rings. The first-order valence-electron chi connectivity index (χ1n) is 6.22. The van der Waals surface area contributed by atoms with Gasteiger partial charge in [-0.1, -0.05) is 18.5 Å². The normalized spacial score (nSPS) is 17.9. The fraction of sp³-hybridized carbons (Fsp3) is 0.538. The molecule has 1 saturated heterocycles. The van der Waals surface area contributed by atoms with Crippen molar-refractivity contribution in [3.8, 4) is 0 Å². The van der Waals surface area contributed by atoms with Crippen molar-refractivity contribution in [2.24, 2.45) is 0 Å². The summed E-state index contributed by atoms with van der Waals surface area (Å²) in [6, 6.07) is 2.15. The molecule has 1 aliphatic heterocycles. The van der Waals surface area contributed by atoms with E-state index < -0.39 is 11.6 Å². The molecule has 108 valence electrons. The van der Waals surface area contributed by atoms with Crippen LogP contribution < -0.4 is 5.32 Å². The van der Waals surface area contributed by atoms with Gasteiger partial charge < -0.3 is 5.32 Å². The largest absolute Gasteiger partial charge is 0.314 e. The van der Waals surface area contributed by atoms with Gasteiger partial charge in [-0.3, -0.25) is 4.90 Å². The van der Waals surface area contributed by atoms with Crippen molar-refractivity contribution in [1.82, 2.24) is 10.2 Å². The summed E-state index contributed by atoms with van der Waals surface area (Å²) in [7, 11) is 0. The lowest BCUT2D eigenvalue weighted by atomic mass is 10.0. The van der Waals surface area contributed by atoms with Gasteiger partial charge in [-0.25, -0.2) is 8.78 Å². The number of piperazine rings is 1. The second kappa shape index (κ2) is 7.39. The zero-order chi connectivity index (χ0) is 13.1. The van der Waals surface area contributed by atoms with Crippen LogP contribution in [-0.4, -0.2) is 31.1 Å². The maximum Gasteiger partial charge on any atom is 0.132 e. The highest BCUT2D eigenvalue weighted by Crippen LogP contribution is 2.30. The van der Waals surface area contributed by atoms with Gasteiger partial charge in [0.15, 0.2) is 0 Å². The molecule has 0 unspecified atom stereocenters. The Hall–Kier alpha value is -0.420. The second-order valence-corrected chi connectivity index (χ2v) is 4.93. The van der Waals surface area contributed by atoms with Crippen LogP contribution in [0.2, 0.25) is 5.02 Å². The molecule has 1 N–H and O–H groups in total. The van der Waals surface area contributed by atoms with Crippen molar-refractivity contribution >= 4 is 24.0 Å². The van der Waals surface area contributed by atoms with E-state index in [0.29, 0.717) is 6.42 Å². The summed E-state index contributed by atoms with van der Waals surface area (Å²) >= 11 is 5.65. The molecule has 1 aliphatic rings. The minimum absolute atomic E-state index is 0. The Morgan fingerprint density at radius 2 is 1.79 bits per heavy atom. The lowest BCUT2D eigenvalue weighted by molar-refractivity contribution is 0.163. The molecular formula is C13H18Cl2F2N2. The van der Waals surface area contributed by atoms with Crippen LogP contribution in [-0.2, 0) is 0 Å². The number of hydrogen-bond acceptors (Lipinski definition) is 2. The zero-order valence-corrected chi connectivity index (χ0v) is 12.3. The van der Waals surface area contributed by atoms with Crippen LogP contribution in [0.3, 0.4) is 0 Å². The molecule has 0 spiro atoms. The minimum Gasteiger partial charge on any atom is -0.314 e. The fourth-order valence-electron chi connectivity index (χ4n) is 2.51. The first-order valence-corrected chi connectivity index (χ1v) is 6.60. The molecule has 0 saturated carbocycles. The molecule has 2 rings (SSSR count). The second-order valence-electron chi connectivity index (χ2n) is 4.49. The Morgan fingerprint density at radius 1 is 1.26 bits per heavy atom. The van der Waals surface area contributed by atoms with E-state index in [4.69, 9.17) is 11.6 Å². The molecule has 1 heterocycles. The van der Waals surface area contributed by atoms with E-state index in [0.717, 1.165) is 26.2 Å². The van der Waals surface area contributed by atoms with E-state index in [1.165, 1.54) is 12.1 Å². The van der Waals surface area contributed by atoms with Gasteiger partial charge in [-0.05, 0) is 18.6 Å². The van der Waals surface area contributed by atoms with Gasteiger partial charge in [0.1, 0.15) is 11.6 Å². The summed E-state index contributed by atoms with van der Waals surface area (Å²) in [5.41, 5.74) is 0.142. The van der Waals surface area contributed by atoms with Crippen molar-refractivity contribution in [2.45, 2.75) is 19.4 Å². The quantitative estimate of drug-likeness (QED) is 0.920. The Bertz CT molecular complexity index is 400. The third-order valence-corrected chi connectivity index (χ3v) is 3.57. The van der Waals surface area contributed by atoms with Crippen LogP contribution in [0.15, 0.2) is 12.1 Å². The lowest BCUT2D eigenvalue weighted by Gasteiger charge is -2.35. The Kier molecular flexibility index (Phi) is 6.47.